The molecule has 2 rings (SSSR count). The predicted octanol–water partition coefficient (Wildman–Crippen LogP) is 2.33. The highest BCUT2D eigenvalue weighted by molar-refractivity contribution is 7.90. The molecule has 0 unspecified atom stereocenters. The molecule has 0 aliphatic carbocycles. The summed E-state index contributed by atoms with van der Waals surface area (Å²) in [6.45, 7) is 0.832. The van der Waals surface area contributed by atoms with Crippen LogP contribution in [0.3, 0.4) is 0 Å². The van der Waals surface area contributed by atoms with Gasteiger partial charge in [-0.3, -0.25) is 4.72 Å². The number of halogens is 2. The highest BCUT2D eigenvalue weighted by Crippen LogP contribution is 2.33. The number of nitrogens with one attached hydrogen (secondary N) is 1. The number of hydrogen-bond donors (Lipinski definition) is 2. The van der Waals surface area contributed by atoms with Crippen molar-refractivity contribution in [1.29, 1.82) is 0 Å². The predicted molar refractivity (Wildman–Crippen MR) is 71.0 cm³/mol. The van der Waals surface area contributed by atoms with Crippen LogP contribution in [-0.2, 0) is 10.2 Å². The molecule has 1 aromatic rings. The third kappa shape index (κ3) is 3.29. The van der Waals surface area contributed by atoms with Crippen LogP contribution in [0, 0.1) is 5.82 Å². The Morgan fingerprint density at radius 1 is 1.26 bits per heavy atom. The second kappa shape index (κ2) is 5.52. The molecule has 1 aromatic carbocycles. The van der Waals surface area contributed by atoms with Crippen molar-refractivity contribution in [3.63, 3.8) is 0 Å². The lowest BCUT2D eigenvalue weighted by Gasteiger charge is -2.26. The largest absolute Gasteiger partial charge is 0.504 e. The maximum Gasteiger partial charge on any atom is 0.301 e. The van der Waals surface area contributed by atoms with Gasteiger partial charge >= 0.3 is 10.2 Å². The van der Waals surface area contributed by atoms with E-state index in [9.17, 15) is 17.9 Å². The van der Waals surface area contributed by atoms with E-state index in [1.54, 1.807) is 0 Å². The Kier molecular flexibility index (Phi) is 4.17. The summed E-state index contributed by atoms with van der Waals surface area (Å²) in [5.74, 6) is -1.21. The molecule has 1 aliphatic heterocycles. The summed E-state index contributed by atoms with van der Waals surface area (Å²) >= 11 is 5.60. The fourth-order valence-electron chi connectivity index (χ4n) is 1.95. The second-order valence-corrected chi connectivity index (χ2v) is 6.43. The van der Waals surface area contributed by atoms with Gasteiger partial charge in [0.15, 0.2) is 5.75 Å². The third-order valence-electron chi connectivity index (χ3n) is 2.92. The van der Waals surface area contributed by atoms with Crippen molar-refractivity contribution in [3.8, 4) is 5.75 Å². The quantitative estimate of drug-likeness (QED) is 0.842. The number of nitrogens with zero attached hydrogens (tertiary/aromatic N) is 1. The highest BCUT2D eigenvalue weighted by Gasteiger charge is 2.25. The maximum absolute atomic E-state index is 13.2. The van der Waals surface area contributed by atoms with Crippen molar-refractivity contribution in [2.24, 2.45) is 0 Å². The highest BCUT2D eigenvalue weighted by atomic mass is 35.5. The first kappa shape index (κ1) is 14.4. The fraction of sp³-hybridized carbons (Fsp3) is 0.455. The first-order valence-corrected chi connectivity index (χ1v) is 7.68. The number of phenols is 1. The van der Waals surface area contributed by atoms with Crippen molar-refractivity contribution in [1.82, 2.24) is 4.31 Å². The fourth-order valence-corrected chi connectivity index (χ4v) is 3.46. The number of benzene rings is 1. The Labute approximate surface area is 116 Å². The molecule has 0 saturated carbocycles. The monoisotopic (exact) mass is 308 g/mol. The van der Waals surface area contributed by atoms with E-state index in [0.717, 1.165) is 31.4 Å². The number of phenolic OH excluding ortho intramolecular Hbond substituents is 1. The normalized spacial score (nSPS) is 17.4. The molecular weight excluding hydrogens is 295 g/mol. The van der Waals surface area contributed by atoms with Gasteiger partial charge in [-0.1, -0.05) is 18.0 Å². The average molecular weight is 309 g/mol. The zero-order chi connectivity index (χ0) is 14.0. The van der Waals surface area contributed by atoms with Gasteiger partial charge in [0.2, 0.25) is 0 Å². The molecule has 2 N–H and O–H groups in total. The van der Waals surface area contributed by atoms with Crippen LogP contribution >= 0.6 is 11.6 Å². The molecule has 1 heterocycles. The first-order chi connectivity index (χ1) is 8.90. The molecular formula is C11H14ClFN2O3S. The molecule has 0 atom stereocenters. The Hall–Kier alpha value is -1.05. The molecule has 0 spiro atoms. The summed E-state index contributed by atoms with van der Waals surface area (Å²) < 4.78 is 40.8. The van der Waals surface area contributed by atoms with Gasteiger partial charge in [0, 0.05) is 19.2 Å². The standard InChI is InChI=1S/C11H14ClFN2O3S/c12-9-6-8(13)7-10(11(9)16)14-19(17,18)15-4-2-1-3-5-15/h6-7,14,16H,1-5H2. The molecule has 1 saturated heterocycles. The van der Waals surface area contributed by atoms with Crippen LogP contribution in [0.2, 0.25) is 5.02 Å². The van der Waals surface area contributed by atoms with E-state index in [2.05, 4.69) is 4.72 Å². The molecule has 5 nitrogen and oxygen atoms in total. The molecule has 19 heavy (non-hydrogen) atoms. The molecule has 0 amide bonds. The third-order valence-corrected chi connectivity index (χ3v) is 4.73. The smallest absolute Gasteiger partial charge is 0.301 e. The van der Waals surface area contributed by atoms with Gasteiger partial charge in [-0.05, 0) is 18.9 Å². The van der Waals surface area contributed by atoms with Crippen LogP contribution in [-0.4, -0.2) is 30.9 Å². The minimum absolute atomic E-state index is 0.239. The topological polar surface area (TPSA) is 69.6 Å². The molecule has 8 heteroatoms. The maximum atomic E-state index is 13.2. The Balaban J connectivity index is 2.25. The lowest BCUT2D eigenvalue weighted by atomic mass is 10.2. The van der Waals surface area contributed by atoms with Crippen molar-refractivity contribution in [2.45, 2.75) is 19.3 Å². The summed E-state index contributed by atoms with van der Waals surface area (Å²) in [5.41, 5.74) is -0.254. The van der Waals surface area contributed by atoms with Crippen molar-refractivity contribution in [2.75, 3.05) is 17.8 Å². The number of hydrogen-bond acceptors (Lipinski definition) is 3. The molecule has 1 fully saturated rings. The summed E-state index contributed by atoms with van der Waals surface area (Å²) in [4.78, 5) is 0. The van der Waals surface area contributed by atoms with Gasteiger partial charge in [-0.25, -0.2) is 4.39 Å². The van der Waals surface area contributed by atoms with E-state index in [-0.39, 0.29) is 10.7 Å². The molecule has 0 bridgehead atoms. The summed E-state index contributed by atoms with van der Waals surface area (Å²) in [7, 11) is -3.79. The van der Waals surface area contributed by atoms with Crippen LogP contribution in [0.1, 0.15) is 19.3 Å². The van der Waals surface area contributed by atoms with Gasteiger partial charge in [0.25, 0.3) is 0 Å². The van der Waals surface area contributed by atoms with E-state index >= 15 is 0 Å². The second-order valence-electron chi connectivity index (χ2n) is 4.35. The lowest BCUT2D eigenvalue weighted by molar-refractivity contribution is 0.349. The summed E-state index contributed by atoms with van der Waals surface area (Å²) in [5, 5.41) is 9.40. The molecule has 106 valence electrons. The molecule has 0 radical (unpaired) electrons. The number of anilines is 1. The minimum Gasteiger partial charge on any atom is -0.504 e. The zero-order valence-electron chi connectivity index (χ0n) is 10.1. The first-order valence-electron chi connectivity index (χ1n) is 5.86. The van der Waals surface area contributed by atoms with Gasteiger partial charge in [-0.15, -0.1) is 0 Å². The van der Waals surface area contributed by atoms with E-state index in [0.29, 0.717) is 13.1 Å². The molecule has 1 aliphatic rings. The number of aromatic hydroxyl groups is 1. The Morgan fingerprint density at radius 3 is 2.53 bits per heavy atom. The van der Waals surface area contributed by atoms with Crippen molar-refractivity contribution >= 4 is 27.5 Å². The van der Waals surface area contributed by atoms with Crippen molar-refractivity contribution in [3.05, 3.63) is 23.0 Å². The zero-order valence-corrected chi connectivity index (χ0v) is 11.6. The van der Waals surface area contributed by atoms with Crippen LogP contribution in [0.5, 0.6) is 5.75 Å². The summed E-state index contributed by atoms with van der Waals surface area (Å²) in [6.07, 6.45) is 2.57. The van der Waals surface area contributed by atoms with E-state index < -0.39 is 21.8 Å². The number of piperidine rings is 1. The van der Waals surface area contributed by atoms with E-state index in [1.165, 1.54) is 4.31 Å². The van der Waals surface area contributed by atoms with Crippen LogP contribution in [0.15, 0.2) is 12.1 Å². The van der Waals surface area contributed by atoms with Crippen LogP contribution < -0.4 is 4.72 Å². The average Bonchev–Trinajstić information content (AvgIpc) is 2.36. The van der Waals surface area contributed by atoms with Gasteiger partial charge in [0.05, 0.1) is 10.7 Å². The van der Waals surface area contributed by atoms with Gasteiger partial charge < -0.3 is 5.11 Å². The molecule has 0 aromatic heterocycles. The van der Waals surface area contributed by atoms with Gasteiger partial charge in [0.1, 0.15) is 5.82 Å². The van der Waals surface area contributed by atoms with Crippen LogP contribution in [0.4, 0.5) is 10.1 Å². The van der Waals surface area contributed by atoms with Crippen LogP contribution in [0.25, 0.3) is 0 Å². The van der Waals surface area contributed by atoms with Crippen molar-refractivity contribution < 1.29 is 17.9 Å². The Bertz CT molecular complexity index is 574. The Morgan fingerprint density at radius 2 is 1.89 bits per heavy atom. The van der Waals surface area contributed by atoms with E-state index in [4.69, 9.17) is 11.6 Å². The minimum atomic E-state index is -3.79. The lowest BCUT2D eigenvalue weighted by Crippen LogP contribution is -2.39. The van der Waals surface area contributed by atoms with E-state index in [1.807, 2.05) is 0 Å². The van der Waals surface area contributed by atoms with Gasteiger partial charge in [-0.2, -0.15) is 12.7 Å². The SMILES string of the molecule is O=S(=O)(Nc1cc(F)cc(Cl)c1O)N1CCCCC1. The number of rotatable bonds is 3. The summed E-state index contributed by atoms with van der Waals surface area (Å²) in [6, 6.07) is 1.80.